The van der Waals surface area contributed by atoms with Gasteiger partial charge in [-0.2, -0.15) is 5.10 Å². The Hall–Kier alpha value is -0.720. The molecule has 2 aromatic rings. The molecular weight excluding hydrogens is 350 g/mol. The average Bonchev–Trinajstić information content (AvgIpc) is 2.59. The van der Waals surface area contributed by atoms with E-state index >= 15 is 0 Å². The summed E-state index contributed by atoms with van der Waals surface area (Å²) in [7, 11) is 0.539. The van der Waals surface area contributed by atoms with E-state index in [0.717, 1.165) is 21.4 Å². The van der Waals surface area contributed by atoms with Crippen LogP contribution in [0.4, 0.5) is 0 Å². The summed E-state index contributed by atoms with van der Waals surface area (Å²) < 4.78 is 14.2. The first-order valence-corrected chi connectivity index (χ1v) is 8.26. The lowest BCUT2D eigenvalue weighted by atomic mass is 10.1. The molecule has 0 saturated heterocycles. The first-order valence-electron chi connectivity index (χ1n) is 5.53. The van der Waals surface area contributed by atoms with Gasteiger partial charge in [0.15, 0.2) is 0 Å². The number of halogens is 2. The van der Waals surface area contributed by atoms with Crippen LogP contribution < -0.4 is 0 Å². The van der Waals surface area contributed by atoms with Crippen LogP contribution in [0.3, 0.4) is 0 Å². The molecule has 2 aromatic heterocycles. The second kappa shape index (κ2) is 5.34. The third kappa shape index (κ3) is 2.61. The molecule has 102 valence electrons. The van der Waals surface area contributed by atoms with E-state index in [4.69, 9.17) is 11.6 Å². The summed E-state index contributed by atoms with van der Waals surface area (Å²) in [6.07, 6.45) is 1.58. The maximum Gasteiger partial charge on any atom is 0.144 e. The highest BCUT2D eigenvalue weighted by Gasteiger charge is 2.21. The molecule has 1 unspecified atom stereocenters. The van der Waals surface area contributed by atoms with Gasteiger partial charge in [-0.05, 0) is 41.4 Å². The predicted molar refractivity (Wildman–Crippen MR) is 81.0 cm³/mol. The van der Waals surface area contributed by atoms with Gasteiger partial charge in [0.05, 0.1) is 22.2 Å². The van der Waals surface area contributed by atoms with E-state index in [9.17, 15) is 4.21 Å². The second-order valence-corrected chi connectivity index (χ2v) is 6.79. The van der Waals surface area contributed by atoms with Crippen LogP contribution in [0.1, 0.15) is 11.3 Å². The van der Waals surface area contributed by atoms with Crippen molar-refractivity contribution in [1.82, 2.24) is 14.8 Å². The molecule has 0 saturated carbocycles. The number of hydrogen-bond acceptors (Lipinski definition) is 3. The Morgan fingerprint density at radius 1 is 1.37 bits per heavy atom. The third-order valence-electron chi connectivity index (χ3n) is 2.78. The number of nitrogens with zero attached hydrogens (tertiary/aromatic N) is 3. The van der Waals surface area contributed by atoms with Gasteiger partial charge in [0.25, 0.3) is 0 Å². The minimum Gasteiger partial charge on any atom is -0.257 e. The van der Waals surface area contributed by atoms with E-state index in [2.05, 4.69) is 26.0 Å². The molecule has 4 nitrogen and oxygen atoms in total. The summed E-state index contributed by atoms with van der Waals surface area (Å²) >= 11 is 9.74. The normalized spacial score (nSPS) is 12.7. The van der Waals surface area contributed by atoms with Crippen molar-refractivity contribution in [2.45, 2.75) is 18.9 Å². The molecule has 0 radical (unpaired) electrons. The first kappa shape index (κ1) is 14.7. The van der Waals surface area contributed by atoms with Crippen molar-refractivity contribution in [3.05, 3.63) is 26.8 Å². The summed E-state index contributed by atoms with van der Waals surface area (Å²) in [6, 6.07) is 1.98. The van der Waals surface area contributed by atoms with Gasteiger partial charge in [0.2, 0.25) is 0 Å². The van der Waals surface area contributed by atoms with E-state index in [1.165, 1.54) is 0 Å². The van der Waals surface area contributed by atoms with Crippen LogP contribution in [-0.4, -0.2) is 25.2 Å². The van der Waals surface area contributed by atoms with Crippen molar-refractivity contribution in [2.75, 3.05) is 6.26 Å². The van der Waals surface area contributed by atoms with Gasteiger partial charge in [0.1, 0.15) is 15.7 Å². The summed E-state index contributed by atoms with van der Waals surface area (Å²) in [6.45, 7) is 3.85. The fourth-order valence-corrected chi connectivity index (χ4v) is 3.63. The van der Waals surface area contributed by atoms with E-state index in [-0.39, 0.29) is 0 Å². The number of pyridine rings is 1. The number of aryl methyl sites for hydroxylation is 3. The lowest BCUT2D eigenvalue weighted by Crippen LogP contribution is -1.99. The Kier molecular flexibility index (Phi) is 4.13. The van der Waals surface area contributed by atoms with E-state index < -0.39 is 10.8 Å². The van der Waals surface area contributed by atoms with Crippen LogP contribution in [0.5, 0.6) is 0 Å². The minimum atomic E-state index is -1.19. The standard InChI is InChI=1S/C12H13BrClN3OS/c1-6-5-8(13)7(2)15-10(6)11-9(14)12(19(4)18)17(3)16-11/h5H,1-4H3. The van der Waals surface area contributed by atoms with Crippen molar-refractivity contribution in [1.29, 1.82) is 0 Å². The van der Waals surface area contributed by atoms with E-state index in [1.54, 1.807) is 18.0 Å². The zero-order valence-corrected chi connectivity index (χ0v) is 14.1. The molecule has 1 atom stereocenters. The predicted octanol–water partition coefficient (Wildman–Crippen LogP) is 3.25. The highest BCUT2D eigenvalue weighted by Crippen LogP contribution is 2.33. The minimum absolute atomic E-state index is 0.403. The molecule has 19 heavy (non-hydrogen) atoms. The monoisotopic (exact) mass is 361 g/mol. The SMILES string of the molecule is Cc1cc(Br)c(C)nc1-c1nn(C)c(S(C)=O)c1Cl. The lowest BCUT2D eigenvalue weighted by Gasteiger charge is -2.06. The van der Waals surface area contributed by atoms with Crippen LogP contribution in [0.15, 0.2) is 15.6 Å². The Labute approximate surface area is 127 Å². The number of hydrogen-bond donors (Lipinski definition) is 0. The highest BCUT2D eigenvalue weighted by atomic mass is 79.9. The molecule has 0 bridgehead atoms. The molecule has 7 heteroatoms. The Morgan fingerprint density at radius 2 is 2.00 bits per heavy atom. The zero-order chi connectivity index (χ0) is 14.3. The van der Waals surface area contributed by atoms with Gasteiger partial charge in [-0.1, -0.05) is 11.6 Å². The molecule has 0 amide bonds. The third-order valence-corrected chi connectivity index (χ3v) is 5.06. The second-order valence-electron chi connectivity index (χ2n) is 4.27. The van der Waals surface area contributed by atoms with Crippen LogP contribution in [0.25, 0.3) is 11.4 Å². The molecule has 2 rings (SSSR count). The summed E-state index contributed by atoms with van der Waals surface area (Å²) in [4.78, 5) is 4.51. The van der Waals surface area contributed by atoms with Gasteiger partial charge >= 0.3 is 0 Å². The van der Waals surface area contributed by atoms with Crippen molar-refractivity contribution in [2.24, 2.45) is 7.05 Å². The Balaban J connectivity index is 2.70. The van der Waals surface area contributed by atoms with Crippen LogP contribution >= 0.6 is 27.5 Å². The molecule has 0 aliphatic heterocycles. The highest BCUT2D eigenvalue weighted by molar-refractivity contribution is 9.10. The first-order chi connectivity index (χ1) is 8.82. The average molecular weight is 363 g/mol. The maximum absolute atomic E-state index is 11.7. The fraction of sp³-hybridized carbons (Fsp3) is 0.333. The van der Waals surface area contributed by atoms with Gasteiger partial charge < -0.3 is 0 Å². The molecule has 0 spiro atoms. The van der Waals surface area contributed by atoms with Gasteiger partial charge in [-0.25, -0.2) is 4.98 Å². The van der Waals surface area contributed by atoms with Crippen LogP contribution in [0.2, 0.25) is 5.02 Å². The number of rotatable bonds is 2. The molecular formula is C12H13BrClN3OS. The van der Waals surface area contributed by atoms with Gasteiger partial charge in [-0.15, -0.1) is 0 Å². The Morgan fingerprint density at radius 3 is 2.53 bits per heavy atom. The molecule has 0 aliphatic carbocycles. The van der Waals surface area contributed by atoms with Crippen LogP contribution in [-0.2, 0) is 17.8 Å². The quantitative estimate of drug-likeness (QED) is 0.824. The fourth-order valence-electron chi connectivity index (χ4n) is 1.86. The van der Waals surface area contributed by atoms with Crippen molar-refractivity contribution in [3.8, 4) is 11.4 Å². The Bertz CT molecular complexity index is 684. The van der Waals surface area contributed by atoms with Gasteiger partial charge in [0, 0.05) is 17.8 Å². The van der Waals surface area contributed by atoms with E-state index in [0.29, 0.717) is 15.7 Å². The van der Waals surface area contributed by atoms with Gasteiger partial charge in [-0.3, -0.25) is 8.89 Å². The van der Waals surface area contributed by atoms with Crippen LogP contribution in [0, 0.1) is 13.8 Å². The topological polar surface area (TPSA) is 47.8 Å². The summed E-state index contributed by atoms with van der Waals surface area (Å²) in [5.41, 5.74) is 3.12. The maximum atomic E-state index is 11.7. The molecule has 2 heterocycles. The summed E-state index contributed by atoms with van der Waals surface area (Å²) in [5, 5.41) is 5.26. The molecule has 0 fully saturated rings. The lowest BCUT2D eigenvalue weighted by molar-refractivity contribution is 0.656. The van der Waals surface area contributed by atoms with Crippen molar-refractivity contribution in [3.63, 3.8) is 0 Å². The van der Waals surface area contributed by atoms with Crippen molar-refractivity contribution >= 4 is 38.3 Å². The molecule has 0 aliphatic rings. The largest absolute Gasteiger partial charge is 0.257 e. The smallest absolute Gasteiger partial charge is 0.144 e. The van der Waals surface area contributed by atoms with Crippen molar-refractivity contribution < 1.29 is 4.21 Å². The summed E-state index contributed by atoms with van der Waals surface area (Å²) in [5.74, 6) is 0. The molecule has 0 aromatic carbocycles. The molecule has 0 N–H and O–H groups in total. The zero-order valence-electron chi connectivity index (χ0n) is 11.0. The van der Waals surface area contributed by atoms with E-state index in [1.807, 2.05) is 19.9 Å². The number of aromatic nitrogens is 3.